The second-order valence-electron chi connectivity index (χ2n) is 5.72. The number of carbonyl (C=O) groups excluding carboxylic acids is 1. The van der Waals surface area contributed by atoms with E-state index in [1.165, 1.54) is 11.1 Å². The van der Waals surface area contributed by atoms with Gasteiger partial charge in [-0.25, -0.2) is 0 Å². The van der Waals surface area contributed by atoms with Gasteiger partial charge in [-0.2, -0.15) is 0 Å². The van der Waals surface area contributed by atoms with Crippen molar-refractivity contribution in [2.45, 2.75) is 46.5 Å². The fourth-order valence-corrected chi connectivity index (χ4v) is 2.23. The normalized spacial score (nSPS) is 10.7. The van der Waals surface area contributed by atoms with Gasteiger partial charge in [-0.15, -0.1) is 0 Å². The summed E-state index contributed by atoms with van der Waals surface area (Å²) in [5, 5.41) is 3.33. The average Bonchev–Trinajstić information content (AvgIpc) is 2.42. The number of unbranched alkanes of at least 4 members (excludes halogenated alkanes) is 1. The molecule has 1 amide bonds. The van der Waals surface area contributed by atoms with Crippen LogP contribution in [0, 0.1) is 6.92 Å². The number of aryl methyl sites for hydroxylation is 1. The Morgan fingerprint density at radius 1 is 1.35 bits per heavy atom. The number of hydrogen-bond donors (Lipinski definition) is 1. The van der Waals surface area contributed by atoms with Crippen LogP contribution in [0.1, 0.15) is 50.7 Å². The minimum atomic E-state index is 0.149. The molecular formula is C17H28N2O. The second kappa shape index (κ2) is 7.93. The van der Waals surface area contributed by atoms with Crippen LogP contribution < -0.4 is 5.32 Å². The molecule has 0 spiro atoms. The van der Waals surface area contributed by atoms with Crippen LogP contribution in [-0.2, 0) is 4.79 Å². The summed E-state index contributed by atoms with van der Waals surface area (Å²) in [5.74, 6) is 0.599. The molecule has 20 heavy (non-hydrogen) atoms. The van der Waals surface area contributed by atoms with Crippen molar-refractivity contribution < 1.29 is 4.79 Å². The maximum absolute atomic E-state index is 12.1. The van der Waals surface area contributed by atoms with Crippen molar-refractivity contribution in [1.29, 1.82) is 0 Å². The van der Waals surface area contributed by atoms with Gasteiger partial charge in [0.15, 0.2) is 0 Å². The molecule has 3 nitrogen and oxygen atoms in total. The van der Waals surface area contributed by atoms with Gasteiger partial charge in [0.2, 0.25) is 5.91 Å². The smallest absolute Gasteiger partial charge is 0.241 e. The van der Waals surface area contributed by atoms with Crippen LogP contribution in [0.25, 0.3) is 0 Å². The molecule has 0 aliphatic rings. The fraction of sp³-hybridized carbons (Fsp3) is 0.588. The van der Waals surface area contributed by atoms with E-state index in [9.17, 15) is 4.79 Å². The first kappa shape index (κ1) is 16.5. The molecule has 0 atom stereocenters. The van der Waals surface area contributed by atoms with E-state index in [0.29, 0.717) is 12.5 Å². The summed E-state index contributed by atoms with van der Waals surface area (Å²) in [6, 6.07) is 6.29. The lowest BCUT2D eigenvalue weighted by molar-refractivity contribution is -0.128. The van der Waals surface area contributed by atoms with Crippen LogP contribution in [0.3, 0.4) is 0 Å². The van der Waals surface area contributed by atoms with Crippen molar-refractivity contribution in [1.82, 2.24) is 4.90 Å². The first-order chi connectivity index (χ1) is 9.47. The molecule has 1 aromatic carbocycles. The molecule has 0 bridgehead atoms. The van der Waals surface area contributed by atoms with Crippen molar-refractivity contribution in [3.8, 4) is 0 Å². The summed E-state index contributed by atoms with van der Waals surface area (Å²) in [5.41, 5.74) is 3.58. The van der Waals surface area contributed by atoms with Crippen molar-refractivity contribution in [2.75, 3.05) is 25.5 Å². The summed E-state index contributed by atoms with van der Waals surface area (Å²) in [6.07, 6.45) is 2.17. The quantitative estimate of drug-likeness (QED) is 0.821. The number of likely N-dealkylation sites (N-methyl/N-ethyl adjacent to an activating group) is 1. The number of rotatable bonds is 7. The molecule has 1 aromatic rings. The van der Waals surface area contributed by atoms with E-state index in [0.717, 1.165) is 25.1 Å². The molecule has 3 heteroatoms. The van der Waals surface area contributed by atoms with Crippen molar-refractivity contribution in [3.05, 3.63) is 29.3 Å². The number of nitrogens with zero attached hydrogens (tertiary/aromatic N) is 1. The van der Waals surface area contributed by atoms with Gasteiger partial charge in [0, 0.05) is 19.3 Å². The van der Waals surface area contributed by atoms with Gasteiger partial charge >= 0.3 is 0 Å². The van der Waals surface area contributed by atoms with Crippen LogP contribution in [0.5, 0.6) is 0 Å². The van der Waals surface area contributed by atoms with Crippen LogP contribution in [-0.4, -0.2) is 30.9 Å². The number of anilines is 1. The van der Waals surface area contributed by atoms with Gasteiger partial charge < -0.3 is 10.2 Å². The topological polar surface area (TPSA) is 32.3 Å². The van der Waals surface area contributed by atoms with Gasteiger partial charge in [0.25, 0.3) is 0 Å². The summed E-state index contributed by atoms with van der Waals surface area (Å²) in [7, 11) is 1.88. The summed E-state index contributed by atoms with van der Waals surface area (Å²) < 4.78 is 0. The Kier molecular flexibility index (Phi) is 6.56. The molecule has 0 aromatic heterocycles. The fourth-order valence-electron chi connectivity index (χ4n) is 2.23. The van der Waals surface area contributed by atoms with Crippen molar-refractivity contribution >= 4 is 11.6 Å². The van der Waals surface area contributed by atoms with Crippen LogP contribution >= 0.6 is 0 Å². The Morgan fingerprint density at radius 3 is 2.65 bits per heavy atom. The van der Waals surface area contributed by atoms with E-state index in [4.69, 9.17) is 0 Å². The largest absolute Gasteiger partial charge is 0.376 e. The molecule has 0 saturated heterocycles. The standard InChI is InChI=1S/C17H28N2O/c1-6-7-11-19(5)16(20)12-18-17-14(4)9-8-10-15(17)13(2)3/h8-10,13,18H,6-7,11-12H2,1-5H3. The van der Waals surface area contributed by atoms with E-state index in [1.54, 1.807) is 0 Å². The third-order valence-electron chi connectivity index (χ3n) is 3.62. The van der Waals surface area contributed by atoms with Crippen molar-refractivity contribution in [3.63, 3.8) is 0 Å². The molecule has 0 radical (unpaired) electrons. The maximum Gasteiger partial charge on any atom is 0.241 e. The first-order valence-electron chi connectivity index (χ1n) is 7.54. The van der Waals surface area contributed by atoms with Crippen LogP contribution in [0.4, 0.5) is 5.69 Å². The predicted octanol–water partition coefficient (Wildman–Crippen LogP) is 3.79. The minimum absolute atomic E-state index is 0.149. The molecule has 0 aliphatic heterocycles. The number of nitrogens with one attached hydrogen (secondary N) is 1. The Balaban J connectivity index is 2.68. The van der Waals surface area contributed by atoms with Crippen LogP contribution in [0.2, 0.25) is 0 Å². The molecule has 112 valence electrons. The van der Waals surface area contributed by atoms with Crippen LogP contribution in [0.15, 0.2) is 18.2 Å². The third kappa shape index (κ3) is 4.55. The van der Waals surface area contributed by atoms with Gasteiger partial charge in [-0.05, 0) is 30.4 Å². The average molecular weight is 276 g/mol. The van der Waals surface area contributed by atoms with E-state index in [2.05, 4.69) is 51.2 Å². The highest BCUT2D eigenvalue weighted by atomic mass is 16.2. The highest BCUT2D eigenvalue weighted by molar-refractivity contribution is 5.81. The second-order valence-corrected chi connectivity index (χ2v) is 5.72. The minimum Gasteiger partial charge on any atom is -0.376 e. The predicted molar refractivity (Wildman–Crippen MR) is 86.3 cm³/mol. The summed E-state index contributed by atoms with van der Waals surface area (Å²) in [6.45, 7) is 9.77. The molecule has 0 fully saturated rings. The number of hydrogen-bond acceptors (Lipinski definition) is 2. The first-order valence-corrected chi connectivity index (χ1v) is 7.54. The maximum atomic E-state index is 12.1. The number of carbonyl (C=O) groups is 1. The zero-order valence-corrected chi connectivity index (χ0v) is 13.5. The molecule has 1 rings (SSSR count). The van der Waals surface area contributed by atoms with E-state index in [-0.39, 0.29) is 5.91 Å². The van der Waals surface area contributed by atoms with Gasteiger partial charge in [-0.1, -0.05) is 45.4 Å². The van der Waals surface area contributed by atoms with E-state index < -0.39 is 0 Å². The SMILES string of the molecule is CCCCN(C)C(=O)CNc1c(C)cccc1C(C)C. The van der Waals surface area contributed by atoms with Gasteiger partial charge in [-0.3, -0.25) is 4.79 Å². The molecule has 0 saturated carbocycles. The Morgan fingerprint density at radius 2 is 2.05 bits per heavy atom. The zero-order chi connectivity index (χ0) is 15.1. The van der Waals surface area contributed by atoms with E-state index in [1.807, 2.05) is 11.9 Å². The number of para-hydroxylation sites is 1. The lowest BCUT2D eigenvalue weighted by atomic mass is 9.98. The highest BCUT2D eigenvalue weighted by Crippen LogP contribution is 2.27. The molecule has 0 heterocycles. The molecule has 0 unspecified atom stereocenters. The Bertz CT molecular complexity index is 441. The molecule has 1 N–H and O–H groups in total. The number of benzene rings is 1. The third-order valence-corrected chi connectivity index (χ3v) is 3.62. The van der Waals surface area contributed by atoms with Gasteiger partial charge in [0.1, 0.15) is 0 Å². The highest BCUT2D eigenvalue weighted by Gasteiger charge is 2.12. The summed E-state index contributed by atoms with van der Waals surface area (Å²) >= 11 is 0. The van der Waals surface area contributed by atoms with E-state index >= 15 is 0 Å². The lowest BCUT2D eigenvalue weighted by Crippen LogP contribution is -2.33. The molecular weight excluding hydrogens is 248 g/mol. The Labute approximate surface area is 123 Å². The number of amides is 1. The van der Waals surface area contributed by atoms with Crippen molar-refractivity contribution in [2.24, 2.45) is 0 Å². The Hall–Kier alpha value is -1.51. The molecule has 0 aliphatic carbocycles. The monoisotopic (exact) mass is 276 g/mol. The zero-order valence-electron chi connectivity index (χ0n) is 13.5. The summed E-state index contributed by atoms with van der Waals surface area (Å²) in [4.78, 5) is 13.9. The van der Waals surface area contributed by atoms with Gasteiger partial charge in [0.05, 0.1) is 6.54 Å². The lowest BCUT2D eigenvalue weighted by Gasteiger charge is -2.20.